The molecule has 1 heterocycles. The number of anilines is 2. The molecule has 50 heavy (non-hydrogen) atoms. The molecule has 9 rings (SSSR count). The lowest BCUT2D eigenvalue weighted by molar-refractivity contribution is 0.639. The molecule has 0 bridgehead atoms. The summed E-state index contributed by atoms with van der Waals surface area (Å²) in [6.07, 6.45) is 4.91. The molecule has 0 saturated heterocycles. The van der Waals surface area contributed by atoms with E-state index in [-0.39, 0.29) is 17.4 Å². The maximum absolute atomic E-state index is 10.7. The number of nitriles is 2. The predicted molar refractivity (Wildman–Crippen MR) is 203 cm³/mol. The van der Waals surface area contributed by atoms with E-state index >= 15 is 0 Å². The number of hydrogen-bond acceptors (Lipinski definition) is 3. The van der Waals surface area contributed by atoms with Crippen molar-refractivity contribution < 1.29 is 0 Å². The molecule has 236 valence electrons. The summed E-state index contributed by atoms with van der Waals surface area (Å²) in [4.78, 5) is 2.35. The first-order valence-electron chi connectivity index (χ1n) is 17.1. The summed E-state index contributed by atoms with van der Waals surface area (Å²) in [6, 6.07) is 53.3. The van der Waals surface area contributed by atoms with E-state index < -0.39 is 0 Å². The van der Waals surface area contributed by atoms with E-state index in [1.165, 1.54) is 27.8 Å². The Kier molecular flexibility index (Phi) is 6.73. The van der Waals surface area contributed by atoms with Gasteiger partial charge in [0.1, 0.15) is 6.07 Å². The lowest BCUT2D eigenvalue weighted by Gasteiger charge is -2.34. The van der Waals surface area contributed by atoms with E-state index in [1.54, 1.807) is 6.07 Å². The molecule has 0 fully saturated rings. The first kappa shape index (κ1) is 29.7. The monoisotopic (exact) mass is 639 g/mol. The van der Waals surface area contributed by atoms with Crippen LogP contribution in [0.15, 0.2) is 157 Å². The molecule has 6 aromatic carbocycles. The molecule has 0 N–H and O–H groups in total. The second-order valence-electron chi connectivity index (χ2n) is 13.9. The van der Waals surface area contributed by atoms with Crippen molar-refractivity contribution >= 4 is 16.9 Å². The molecule has 1 aliphatic heterocycles. The highest BCUT2D eigenvalue weighted by atomic mass is 15.2. The summed E-state index contributed by atoms with van der Waals surface area (Å²) < 4.78 is 0. The van der Waals surface area contributed by atoms with Gasteiger partial charge in [0.15, 0.2) is 0 Å². The average Bonchev–Trinajstić information content (AvgIpc) is 3.61. The van der Waals surface area contributed by atoms with Crippen LogP contribution in [0, 0.1) is 22.7 Å². The molecule has 0 amide bonds. The molecular weight excluding hydrogens is 607 g/mol. The number of benzene rings is 6. The number of allylic oxidation sites excluding steroid dienone is 2. The van der Waals surface area contributed by atoms with E-state index in [9.17, 15) is 10.5 Å². The van der Waals surface area contributed by atoms with Gasteiger partial charge in [-0.05, 0) is 79.9 Å². The zero-order valence-electron chi connectivity index (χ0n) is 27.9. The van der Waals surface area contributed by atoms with Crippen LogP contribution < -0.4 is 4.90 Å². The van der Waals surface area contributed by atoms with Gasteiger partial charge in [-0.1, -0.05) is 141 Å². The Morgan fingerprint density at radius 3 is 1.98 bits per heavy atom. The number of hydrogen-bond donors (Lipinski definition) is 0. The highest BCUT2D eigenvalue weighted by Crippen LogP contribution is 2.57. The van der Waals surface area contributed by atoms with Gasteiger partial charge in [0.2, 0.25) is 0 Å². The van der Waals surface area contributed by atoms with Crippen molar-refractivity contribution in [3.05, 3.63) is 185 Å². The van der Waals surface area contributed by atoms with Crippen LogP contribution in [0.1, 0.15) is 47.6 Å². The smallest absolute Gasteiger partial charge is 0.101 e. The normalized spacial score (nSPS) is 17.7. The lowest BCUT2D eigenvalue weighted by Crippen LogP contribution is -2.32. The SMILES string of the molecule is CC1(C)C2=CC3C(C=C2c2ccccc21)c1ccccc1N3c1cc(-c2cc(-c3ccccc3)ccc2-c2ccccc2)c(C#N)cc1C#N. The topological polar surface area (TPSA) is 50.8 Å². The largest absolute Gasteiger partial charge is 0.332 e. The quantitative estimate of drug-likeness (QED) is 0.193. The van der Waals surface area contributed by atoms with Gasteiger partial charge in [-0.3, -0.25) is 0 Å². The molecule has 2 atom stereocenters. The Bertz CT molecular complexity index is 2490. The Morgan fingerprint density at radius 1 is 0.540 bits per heavy atom. The van der Waals surface area contributed by atoms with Gasteiger partial charge in [0.25, 0.3) is 0 Å². The third-order valence-electron chi connectivity index (χ3n) is 10.9. The van der Waals surface area contributed by atoms with Crippen molar-refractivity contribution in [2.75, 3.05) is 4.90 Å². The Hall–Kier alpha value is -6.42. The Balaban J connectivity index is 1.28. The molecule has 6 aromatic rings. The standard InChI is InChI=1S/C47H33N3/c1-47(2)42-19-11-9-17-36(42)40-25-41-37-18-10-12-20-44(37)50(46(41)27-43(40)47)45-26-38(33(28-48)23-34(45)29-49)39-24-32(30-13-5-3-6-14-30)21-22-35(39)31-15-7-4-8-16-31/h3-27,41,46H,1-2H3. The molecule has 3 heteroatoms. The summed E-state index contributed by atoms with van der Waals surface area (Å²) >= 11 is 0. The Labute approximate surface area is 293 Å². The Morgan fingerprint density at radius 2 is 1.22 bits per heavy atom. The van der Waals surface area contributed by atoms with Crippen molar-refractivity contribution in [1.82, 2.24) is 0 Å². The highest BCUT2D eigenvalue weighted by molar-refractivity contribution is 5.95. The summed E-state index contributed by atoms with van der Waals surface area (Å²) in [5.41, 5.74) is 15.3. The van der Waals surface area contributed by atoms with Crippen LogP contribution in [0.5, 0.6) is 0 Å². The zero-order chi connectivity index (χ0) is 34.0. The van der Waals surface area contributed by atoms with Gasteiger partial charge < -0.3 is 4.90 Å². The summed E-state index contributed by atoms with van der Waals surface area (Å²) in [5, 5.41) is 21.3. The number of para-hydroxylation sites is 1. The third kappa shape index (κ3) is 4.41. The van der Waals surface area contributed by atoms with Crippen LogP contribution in [-0.4, -0.2) is 6.04 Å². The predicted octanol–water partition coefficient (Wildman–Crippen LogP) is 11.3. The van der Waals surface area contributed by atoms with Gasteiger partial charge >= 0.3 is 0 Å². The van der Waals surface area contributed by atoms with E-state index in [4.69, 9.17) is 0 Å². The van der Waals surface area contributed by atoms with Crippen LogP contribution in [0.25, 0.3) is 39.0 Å². The van der Waals surface area contributed by atoms with Crippen molar-refractivity contribution in [2.45, 2.75) is 31.2 Å². The third-order valence-corrected chi connectivity index (χ3v) is 10.9. The highest BCUT2D eigenvalue weighted by Gasteiger charge is 2.46. The second-order valence-corrected chi connectivity index (χ2v) is 13.9. The molecule has 0 spiro atoms. The minimum absolute atomic E-state index is 0.0307. The summed E-state index contributed by atoms with van der Waals surface area (Å²) in [7, 11) is 0. The molecule has 2 unspecified atom stereocenters. The maximum Gasteiger partial charge on any atom is 0.101 e. The van der Waals surface area contributed by atoms with Crippen molar-refractivity contribution in [2.24, 2.45) is 0 Å². The van der Waals surface area contributed by atoms with Crippen molar-refractivity contribution in [3.8, 4) is 45.5 Å². The summed E-state index contributed by atoms with van der Waals surface area (Å²) in [5.74, 6) is 0.110. The molecule has 3 nitrogen and oxygen atoms in total. The van der Waals surface area contributed by atoms with Gasteiger partial charge in [-0.15, -0.1) is 0 Å². The molecule has 3 aliphatic rings. The fourth-order valence-corrected chi connectivity index (χ4v) is 8.51. The summed E-state index contributed by atoms with van der Waals surface area (Å²) in [6.45, 7) is 4.63. The average molecular weight is 640 g/mol. The number of fused-ring (bicyclic) bond motifs is 6. The molecule has 2 aliphatic carbocycles. The second kappa shape index (κ2) is 11.3. The zero-order valence-corrected chi connectivity index (χ0v) is 27.9. The van der Waals surface area contributed by atoms with Gasteiger partial charge in [0, 0.05) is 22.6 Å². The van der Waals surface area contributed by atoms with E-state index in [1.807, 2.05) is 36.4 Å². The van der Waals surface area contributed by atoms with Gasteiger partial charge in [-0.2, -0.15) is 10.5 Å². The molecule has 0 aromatic heterocycles. The minimum atomic E-state index is -0.149. The number of rotatable bonds is 4. The van der Waals surface area contributed by atoms with Gasteiger partial charge in [0.05, 0.1) is 28.9 Å². The van der Waals surface area contributed by atoms with Crippen molar-refractivity contribution in [1.29, 1.82) is 10.5 Å². The van der Waals surface area contributed by atoms with E-state index in [0.717, 1.165) is 44.8 Å². The lowest BCUT2D eigenvalue weighted by atomic mass is 9.77. The van der Waals surface area contributed by atoms with Crippen LogP contribution in [0.4, 0.5) is 11.4 Å². The first-order chi connectivity index (χ1) is 24.5. The minimum Gasteiger partial charge on any atom is -0.332 e. The van der Waals surface area contributed by atoms with E-state index in [0.29, 0.717) is 11.1 Å². The first-order valence-corrected chi connectivity index (χ1v) is 17.1. The fourth-order valence-electron chi connectivity index (χ4n) is 8.51. The van der Waals surface area contributed by atoms with Gasteiger partial charge in [-0.25, -0.2) is 0 Å². The van der Waals surface area contributed by atoms with Crippen molar-refractivity contribution in [3.63, 3.8) is 0 Å². The number of nitrogens with zero attached hydrogens (tertiary/aromatic N) is 3. The van der Waals surface area contributed by atoms with Crippen LogP contribution in [0.3, 0.4) is 0 Å². The molecule has 0 radical (unpaired) electrons. The van der Waals surface area contributed by atoms with Crippen LogP contribution in [0.2, 0.25) is 0 Å². The molecular formula is C47H33N3. The maximum atomic E-state index is 10.7. The molecule has 0 saturated carbocycles. The fraction of sp³-hybridized carbons (Fsp3) is 0.106. The van der Waals surface area contributed by atoms with Crippen LogP contribution >= 0.6 is 0 Å². The van der Waals surface area contributed by atoms with Crippen LogP contribution in [-0.2, 0) is 5.41 Å². The van der Waals surface area contributed by atoms with E-state index in [2.05, 4.69) is 140 Å².